The molecule has 0 aliphatic heterocycles. The van der Waals surface area contributed by atoms with Crippen molar-refractivity contribution in [2.45, 2.75) is 32.3 Å². The molecular weight excluding hydrogens is 272 g/mol. The summed E-state index contributed by atoms with van der Waals surface area (Å²) in [6.07, 6.45) is 2.53. The quantitative estimate of drug-likeness (QED) is 0.490. The van der Waals surface area contributed by atoms with E-state index in [-0.39, 0.29) is 24.5 Å². The minimum absolute atomic E-state index is 0.0317. The first kappa shape index (κ1) is 17.3. The van der Waals surface area contributed by atoms with Gasteiger partial charge in [-0.05, 0) is 18.6 Å². The number of carboxylic acid groups (broad SMARTS) is 1. The van der Waals surface area contributed by atoms with E-state index in [2.05, 4.69) is 12.2 Å². The van der Waals surface area contributed by atoms with E-state index in [9.17, 15) is 9.90 Å². The van der Waals surface area contributed by atoms with Gasteiger partial charge in [-0.1, -0.05) is 19.8 Å². The van der Waals surface area contributed by atoms with Gasteiger partial charge in [0.05, 0.1) is 0 Å². The van der Waals surface area contributed by atoms with E-state index in [1.807, 2.05) is 0 Å². The number of hydrogen-bond donors (Lipinski definition) is 4. The van der Waals surface area contributed by atoms with Crippen LogP contribution in [0.3, 0.4) is 0 Å². The van der Waals surface area contributed by atoms with Crippen LogP contribution in [0.4, 0.5) is 5.69 Å². The maximum absolute atomic E-state index is 11.2. The van der Waals surface area contributed by atoms with Gasteiger partial charge in [0.25, 0.3) is 0 Å². The van der Waals surface area contributed by atoms with Gasteiger partial charge in [-0.25, -0.2) is 4.79 Å². The Hall–Kier alpha value is -1.79. The molecule has 6 heteroatoms. The number of hydrogen-bond acceptors (Lipinski definition) is 5. The van der Waals surface area contributed by atoms with Crippen LogP contribution in [-0.2, 0) is 0 Å². The molecule has 0 aromatic heterocycles. The highest BCUT2D eigenvalue weighted by Gasteiger charge is 2.13. The number of ether oxygens (including phenoxy) is 1. The Morgan fingerprint density at radius 1 is 1.43 bits per heavy atom. The third-order valence-electron chi connectivity index (χ3n) is 3.02. The molecule has 0 aliphatic rings. The molecule has 0 heterocycles. The van der Waals surface area contributed by atoms with Crippen LogP contribution in [0, 0.1) is 0 Å². The second-order valence-electron chi connectivity index (χ2n) is 4.85. The van der Waals surface area contributed by atoms with E-state index in [1.165, 1.54) is 6.07 Å². The molecule has 0 spiro atoms. The number of aliphatic hydroxyl groups is 1. The van der Waals surface area contributed by atoms with E-state index < -0.39 is 12.1 Å². The highest BCUT2D eigenvalue weighted by molar-refractivity contribution is 5.91. The van der Waals surface area contributed by atoms with Gasteiger partial charge in [0, 0.05) is 24.8 Å². The van der Waals surface area contributed by atoms with Crippen LogP contribution in [0.1, 0.15) is 36.5 Å². The molecule has 0 radical (unpaired) electrons. The number of benzene rings is 1. The van der Waals surface area contributed by atoms with Crippen LogP contribution in [-0.4, -0.2) is 42.0 Å². The van der Waals surface area contributed by atoms with E-state index in [0.29, 0.717) is 0 Å². The van der Waals surface area contributed by atoms with Crippen LogP contribution in [0.15, 0.2) is 18.2 Å². The van der Waals surface area contributed by atoms with Crippen molar-refractivity contribution in [3.05, 3.63) is 23.8 Å². The van der Waals surface area contributed by atoms with E-state index in [4.69, 9.17) is 15.6 Å². The number of nitrogens with two attached hydrogens (primary N) is 1. The molecule has 0 saturated heterocycles. The second kappa shape index (κ2) is 9.20. The van der Waals surface area contributed by atoms with Gasteiger partial charge in [-0.15, -0.1) is 0 Å². The van der Waals surface area contributed by atoms with Crippen molar-refractivity contribution in [3.63, 3.8) is 0 Å². The number of unbranched alkanes of at least 4 members (excludes halogenated alkanes) is 2. The fourth-order valence-electron chi connectivity index (χ4n) is 1.79. The van der Waals surface area contributed by atoms with Gasteiger partial charge in [0.1, 0.15) is 24.0 Å². The zero-order valence-electron chi connectivity index (χ0n) is 12.3. The second-order valence-corrected chi connectivity index (χ2v) is 4.85. The molecule has 21 heavy (non-hydrogen) atoms. The van der Waals surface area contributed by atoms with Crippen molar-refractivity contribution < 1.29 is 19.7 Å². The maximum atomic E-state index is 11.2. The SMILES string of the molecule is CCCCCNc1ccc(C(=O)O)c(OCC(O)CN)c1. The molecule has 118 valence electrons. The number of aliphatic hydroxyl groups excluding tert-OH is 1. The molecule has 5 N–H and O–H groups in total. The topological polar surface area (TPSA) is 105 Å². The number of rotatable bonds is 10. The molecule has 1 aromatic rings. The summed E-state index contributed by atoms with van der Waals surface area (Å²) >= 11 is 0. The molecule has 1 unspecified atom stereocenters. The van der Waals surface area contributed by atoms with Crippen LogP contribution >= 0.6 is 0 Å². The van der Waals surface area contributed by atoms with Gasteiger partial charge in [0.2, 0.25) is 0 Å². The van der Waals surface area contributed by atoms with Crippen molar-refractivity contribution in [2.24, 2.45) is 5.73 Å². The fraction of sp³-hybridized carbons (Fsp3) is 0.533. The predicted molar refractivity (Wildman–Crippen MR) is 82.0 cm³/mol. The van der Waals surface area contributed by atoms with Crippen molar-refractivity contribution in [3.8, 4) is 5.75 Å². The molecule has 6 nitrogen and oxygen atoms in total. The minimum Gasteiger partial charge on any atom is -0.490 e. The van der Waals surface area contributed by atoms with Crippen LogP contribution in [0.5, 0.6) is 5.75 Å². The maximum Gasteiger partial charge on any atom is 0.339 e. The molecule has 1 atom stereocenters. The van der Waals surface area contributed by atoms with Gasteiger partial charge in [-0.3, -0.25) is 0 Å². The van der Waals surface area contributed by atoms with E-state index >= 15 is 0 Å². The first-order valence-electron chi connectivity index (χ1n) is 7.20. The zero-order valence-corrected chi connectivity index (χ0v) is 12.3. The van der Waals surface area contributed by atoms with Crippen LogP contribution < -0.4 is 15.8 Å². The Morgan fingerprint density at radius 3 is 2.81 bits per heavy atom. The fourth-order valence-corrected chi connectivity index (χ4v) is 1.79. The Morgan fingerprint density at radius 2 is 2.19 bits per heavy atom. The monoisotopic (exact) mass is 296 g/mol. The molecule has 0 saturated carbocycles. The average molecular weight is 296 g/mol. The van der Waals surface area contributed by atoms with Crippen molar-refractivity contribution >= 4 is 11.7 Å². The molecule has 0 amide bonds. The Labute approximate surface area is 124 Å². The third-order valence-corrected chi connectivity index (χ3v) is 3.02. The largest absolute Gasteiger partial charge is 0.490 e. The Balaban J connectivity index is 2.73. The molecule has 0 aliphatic carbocycles. The van der Waals surface area contributed by atoms with Gasteiger partial charge in [-0.2, -0.15) is 0 Å². The standard InChI is InChI=1S/C15H24N2O4/c1-2-3-4-7-17-11-5-6-13(15(19)20)14(8-11)21-10-12(18)9-16/h5-6,8,12,17-18H,2-4,7,9-10,16H2,1H3,(H,19,20). The van der Waals surface area contributed by atoms with Crippen molar-refractivity contribution in [1.82, 2.24) is 0 Å². The molecule has 0 bridgehead atoms. The normalized spacial score (nSPS) is 12.0. The summed E-state index contributed by atoms with van der Waals surface area (Å²) in [5.41, 5.74) is 6.17. The summed E-state index contributed by atoms with van der Waals surface area (Å²) in [5, 5.41) is 21.8. The Bertz CT molecular complexity index is 451. The molecule has 0 fully saturated rings. The van der Waals surface area contributed by atoms with Crippen LogP contribution in [0.2, 0.25) is 0 Å². The minimum atomic E-state index is -1.07. The predicted octanol–water partition coefficient (Wildman–Crippen LogP) is 1.69. The van der Waals surface area contributed by atoms with E-state index in [1.54, 1.807) is 12.1 Å². The van der Waals surface area contributed by atoms with E-state index in [0.717, 1.165) is 31.5 Å². The number of carboxylic acids is 1. The number of carbonyl (C=O) groups is 1. The average Bonchev–Trinajstić information content (AvgIpc) is 2.49. The lowest BCUT2D eigenvalue weighted by Gasteiger charge is -2.14. The number of nitrogens with one attached hydrogen (secondary N) is 1. The lowest BCUT2D eigenvalue weighted by Crippen LogP contribution is -2.27. The van der Waals surface area contributed by atoms with Crippen molar-refractivity contribution in [1.29, 1.82) is 0 Å². The molecule has 1 aromatic carbocycles. The Kier molecular flexibility index (Phi) is 7.56. The summed E-state index contributed by atoms with van der Waals surface area (Å²) in [7, 11) is 0. The van der Waals surface area contributed by atoms with Gasteiger partial charge >= 0.3 is 5.97 Å². The zero-order chi connectivity index (χ0) is 15.7. The summed E-state index contributed by atoms with van der Waals surface area (Å²) < 4.78 is 5.37. The van der Waals surface area contributed by atoms with Crippen LogP contribution in [0.25, 0.3) is 0 Å². The summed E-state index contributed by atoms with van der Waals surface area (Å²) in [6, 6.07) is 4.84. The van der Waals surface area contributed by atoms with Crippen molar-refractivity contribution in [2.75, 3.05) is 25.0 Å². The highest BCUT2D eigenvalue weighted by atomic mass is 16.5. The van der Waals surface area contributed by atoms with Gasteiger partial charge in [0.15, 0.2) is 0 Å². The highest BCUT2D eigenvalue weighted by Crippen LogP contribution is 2.24. The molecular formula is C15H24N2O4. The lowest BCUT2D eigenvalue weighted by molar-refractivity contribution is 0.0684. The third kappa shape index (κ3) is 6.01. The summed E-state index contributed by atoms with van der Waals surface area (Å²) in [5.74, 6) is -0.833. The summed E-state index contributed by atoms with van der Waals surface area (Å²) in [6.45, 7) is 2.99. The number of anilines is 1. The first-order chi connectivity index (χ1) is 10.1. The molecule has 1 rings (SSSR count). The smallest absolute Gasteiger partial charge is 0.339 e. The summed E-state index contributed by atoms with van der Waals surface area (Å²) in [4.78, 5) is 11.2. The lowest BCUT2D eigenvalue weighted by atomic mass is 10.1. The van der Waals surface area contributed by atoms with Gasteiger partial charge < -0.3 is 26.0 Å². The first-order valence-corrected chi connectivity index (χ1v) is 7.20. The number of aromatic carboxylic acids is 1.